The first-order chi connectivity index (χ1) is 12.2. The molecule has 0 fully saturated rings. The van der Waals surface area contributed by atoms with Crippen molar-refractivity contribution < 1.29 is 0 Å². The molecule has 0 aliphatic heterocycles. The first-order valence-electron chi connectivity index (χ1n) is 8.36. The van der Waals surface area contributed by atoms with Gasteiger partial charge in [-0.25, -0.2) is 14.6 Å². The third kappa shape index (κ3) is 2.96. The molecule has 0 aliphatic carbocycles. The summed E-state index contributed by atoms with van der Waals surface area (Å²) >= 11 is 0. The molecule has 5 heteroatoms. The molecule has 4 rings (SSSR count). The minimum Gasteiger partial charge on any atom is -0.340 e. The van der Waals surface area contributed by atoms with E-state index in [-0.39, 0.29) is 0 Å². The van der Waals surface area contributed by atoms with Gasteiger partial charge in [-0.1, -0.05) is 36.8 Å². The number of anilines is 2. The van der Waals surface area contributed by atoms with Gasteiger partial charge in [0.1, 0.15) is 12.1 Å². The molecule has 0 saturated carbocycles. The Morgan fingerprint density at radius 1 is 0.960 bits per heavy atom. The van der Waals surface area contributed by atoms with Crippen LogP contribution in [0.3, 0.4) is 0 Å². The number of hydrogen-bond acceptors (Lipinski definition) is 4. The summed E-state index contributed by atoms with van der Waals surface area (Å²) < 4.78 is 1.84. The van der Waals surface area contributed by atoms with Crippen LogP contribution in [0.4, 0.5) is 11.5 Å². The highest BCUT2D eigenvalue weighted by Gasteiger charge is 2.11. The molecule has 2 aromatic carbocycles. The van der Waals surface area contributed by atoms with Crippen LogP contribution in [0.15, 0.2) is 61.1 Å². The fraction of sp³-hybridized carbons (Fsp3) is 0.150. The molecule has 1 N–H and O–H groups in total. The van der Waals surface area contributed by atoms with E-state index in [1.54, 1.807) is 12.5 Å². The van der Waals surface area contributed by atoms with Crippen LogP contribution in [0.5, 0.6) is 0 Å². The zero-order valence-corrected chi connectivity index (χ0v) is 14.3. The smallest absolute Gasteiger partial charge is 0.168 e. The predicted octanol–water partition coefficient (Wildman–Crippen LogP) is 4.43. The number of aryl methyl sites for hydroxylation is 2. The lowest BCUT2D eigenvalue weighted by atomic mass is 10.1. The molecule has 0 saturated heterocycles. The van der Waals surface area contributed by atoms with Crippen molar-refractivity contribution in [2.45, 2.75) is 20.3 Å². The maximum atomic E-state index is 4.50. The Balaban J connectivity index is 1.72. The number of rotatable bonds is 4. The van der Waals surface area contributed by atoms with Gasteiger partial charge in [-0.05, 0) is 43.2 Å². The Morgan fingerprint density at radius 3 is 2.44 bits per heavy atom. The van der Waals surface area contributed by atoms with Crippen LogP contribution in [0, 0.1) is 6.92 Å². The molecular weight excluding hydrogens is 310 g/mol. The average molecular weight is 329 g/mol. The minimum absolute atomic E-state index is 0.757. The Labute approximate surface area is 146 Å². The zero-order chi connectivity index (χ0) is 17.2. The summed E-state index contributed by atoms with van der Waals surface area (Å²) in [5, 5.41) is 8.76. The van der Waals surface area contributed by atoms with E-state index in [2.05, 4.69) is 70.6 Å². The van der Waals surface area contributed by atoms with E-state index in [0.29, 0.717) is 0 Å². The van der Waals surface area contributed by atoms with Gasteiger partial charge in [0.25, 0.3) is 0 Å². The number of nitrogens with one attached hydrogen (secondary N) is 1. The lowest BCUT2D eigenvalue weighted by molar-refractivity contribution is 0.894. The highest BCUT2D eigenvalue weighted by atomic mass is 15.3. The van der Waals surface area contributed by atoms with Crippen molar-refractivity contribution in [1.82, 2.24) is 19.7 Å². The van der Waals surface area contributed by atoms with Crippen LogP contribution >= 0.6 is 0 Å². The Kier molecular flexibility index (Phi) is 3.90. The summed E-state index contributed by atoms with van der Waals surface area (Å²) in [6.45, 7) is 4.22. The maximum Gasteiger partial charge on any atom is 0.168 e. The molecule has 0 unspecified atom stereocenters. The molecule has 0 bridgehead atoms. The predicted molar refractivity (Wildman–Crippen MR) is 100 cm³/mol. The number of fused-ring (bicyclic) bond motifs is 1. The molecule has 2 heterocycles. The molecule has 0 aliphatic rings. The van der Waals surface area contributed by atoms with Gasteiger partial charge < -0.3 is 5.32 Å². The van der Waals surface area contributed by atoms with E-state index in [4.69, 9.17) is 0 Å². The second-order valence-corrected chi connectivity index (χ2v) is 6.03. The summed E-state index contributed by atoms with van der Waals surface area (Å²) in [7, 11) is 0. The van der Waals surface area contributed by atoms with E-state index in [1.165, 1.54) is 11.1 Å². The van der Waals surface area contributed by atoms with Crippen LogP contribution < -0.4 is 5.32 Å². The van der Waals surface area contributed by atoms with Gasteiger partial charge in [0.05, 0.1) is 17.3 Å². The minimum atomic E-state index is 0.757. The van der Waals surface area contributed by atoms with Gasteiger partial charge in [0.15, 0.2) is 5.65 Å². The summed E-state index contributed by atoms with van der Waals surface area (Å²) in [5.74, 6) is 0.757. The topological polar surface area (TPSA) is 55.6 Å². The summed E-state index contributed by atoms with van der Waals surface area (Å²) in [5.41, 5.74) is 5.29. The largest absolute Gasteiger partial charge is 0.340 e. The van der Waals surface area contributed by atoms with E-state index in [9.17, 15) is 0 Å². The van der Waals surface area contributed by atoms with Crippen molar-refractivity contribution >= 4 is 22.5 Å². The molecule has 0 spiro atoms. The fourth-order valence-corrected chi connectivity index (χ4v) is 2.78. The van der Waals surface area contributed by atoms with Crippen LogP contribution in [-0.2, 0) is 6.42 Å². The van der Waals surface area contributed by atoms with E-state index < -0.39 is 0 Å². The van der Waals surface area contributed by atoms with E-state index >= 15 is 0 Å². The van der Waals surface area contributed by atoms with Crippen LogP contribution in [0.25, 0.3) is 16.7 Å². The number of aromatic nitrogens is 4. The normalized spacial score (nSPS) is 11.0. The third-order valence-corrected chi connectivity index (χ3v) is 4.27. The third-order valence-electron chi connectivity index (χ3n) is 4.27. The number of hydrogen-bond donors (Lipinski definition) is 1. The van der Waals surface area contributed by atoms with Gasteiger partial charge in [-0.15, -0.1) is 0 Å². The van der Waals surface area contributed by atoms with Crippen molar-refractivity contribution in [3.63, 3.8) is 0 Å². The van der Waals surface area contributed by atoms with Crippen molar-refractivity contribution in [2.75, 3.05) is 5.32 Å². The molecule has 4 aromatic rings. The molecule has 2 aromatic heterocycles. The summed E-state index contributed by atoms with van der Waals surface area (Å²) in [4.78, 5) is 8.81. The molecule has 0 atom stereocenters. The summed E-state index contributed by atoms with van der Waals surface area (Å²) in [6, 6.07) is 16.6. The van der Waals surface area contributed by atoms with Gasteiger partial charge in [-0.3, -0.25) is 0 Å². The molecule has 25 heavy (non-hydrogen) atoms. The van der Waals surface area contributed by atoms with E-state index in [1.807, 2.05) is 16.8 Å². The second kappa shape index (κ2) is 6.36. The van der Waals surface area contributed by atoms with Crippen LogP contribution in [0.1, 0.15) is 18.1 Å². The monoisotopic (exact) mass is 329 g/mol. The molecule has 0 radical (unpaired) electrons. The van der Waals surface area contributed by atoms with Crippen molar-refractivity contribution in [2.24, 2.45) is 0 Å². The number of benzene rings is 2. The van der Waals surface area contributed by atoms with Gasteiger partial charge >= 0.3 is 0 Å². The first-order valence-corrected chi connectivity index (χ1v) is 8.36. The average Bonchev–Trinajstić information content (AvgIpc) is 3.08. The molecule has 124 valence electrons. The molecular formula is C20H19N5. The second-order valence-electron chi connectivity index (χ2n) is 6.03. The van der Waals surface area contributed by atoms with Crippen LogP contribution in [-0.4, -0.2) is 19.7 Å². The van der Waals surface area contributed by atoms with Gasteiger partial charge in [0, 0.05) is 5.69 Å². The molecule has 5 nitrogen and oxygen atoms in total. The SMILES string of the molecule is CCc1ccc(Nc2ncnc3c2cnn3-c2ccc(C)cc2)cc1. The zero-order valence-electron chi connectivity index (χ0n) is 14.3. The van der Waals surface area contributed by atoms with Gasteiger partial charge in [-0.2, -0.15) is 5.10 Å². The van der Waals surface area contributed by atoms with Crippen molar-refractivity contribution in [3.8, 4) is 5.69 Å². The lowest BCUT2D eigenvalue weighted by Gasteiger charge is -2.08. The Hall–Kier alpha value is -3.21. The van der Waals surface area contributed by atoms with Crippen molar-refractivity contribution in [3.05, 3.63) is 72.2 Å². The quantitative estimate of drug-likeness (QED) is 0.602. The van der Waals surface area contributed by atoms with Gasteiger partial charge in [0.2, 0.25) is 0 Å². The lowest BCUT2D eigenvalue weighted by Crippen LogP contribution is -1.99. The summed E-state index contributed by atoms with van der Waals surface area (Å²) in [6.07, 6.45) is 4.40. The van der Waals surface area contributed by atoms with Crippen LogP contribution in [0.2, 0.25) is 0 Å². The fourth-order valence-electron chi connectivity index (χ4n) is 2.78. The maximum absolute atomic E-state index is 4.50. The number of nitrogens with zero attached hydrogens (tertiary/aromatic N) is 4. The molecule has 0 amide bonds. The highest BCUT2D eigenvalue weighted by Crippen LogP contribution is 2.24. The first kappa shape index (κ1) is 15.3. The Morgan fingerprint density at radius 2 is 1.72 bits per heavy atom. The standard InChI is InChI=1S/C20H19N5/c1-3-15-6-8-16(9-7-15)24-19-18-12-23-25(20(18)22-13-21-19)17-10-4-14(2)5-11-17/h4-13H,3H2,1-2H3,(H,21,22,24). The van der Waals surface area contributed by atoms with Crippen molar-refractivity contribution in [1.29, 1.82) is 0 Å². The van der Waals surface area contributed by atoms with E-state index in [0.717, 1.165) is 34.6 Å². The Bertz CT molecular complexity index is 1000. The highest BCUT2D eigenvalue weighted by molar-refractivity contribution is 5.89.